The van der Waals surface area contributed by atoms with Gasteiger partial charge < -0.3 is 10.2 Å². The summed E-state index contributed by atoms with van der Waals surface area (Å²) in [6, 6.07) is 22.6. The highest BCUT2D eigenvalue weighted by molar-refractivity contribution is 5.92. The molecule has 1 aromatic heterocycles. The molecule has 29 heavy (non-hydrogen) atoms. The van der Waals surface area contributed by atoms with Crippen molar-refractivity contribution in [1.29, 1.82) is 0 Å². The molecule has 4 nitrogen and oxygen atoms in total. The molecule has 0 aliphatic heterocycles. The molecule has 0 saturated heterocycles. The molecular formula is C22H21Cl2FN4. The van der Waals surface area contributed by atoms with Crippen LogP contribution in [0.3, 0.4) is 0 Å². The third kappa shape index (κ3) is 4.75. The maximum absolute atomic E-state index is 13.4. The molecule has 3 aromatic carbocycles. The van der Waals surface area contributed by atoms with E-state index in [1.807, 2.05) is 73.5 Å². The Labute approximate surface area is 181 Å². The summed E-state index contributed by atoms with van der Waals surface area (Å²) < 4.78 is 13.4. The average Bonchev–Trinajstić information content (AvgIpc) is 2.69. The van der Waals surface area contributed by atoms with Gasteiger partial charge in [-0.15, -0.1) is 24.8 Å². The quantitative estimate of drug-likeness (QED) is 0.404. The number of halogens is 3. The van der Waals surface area contributed by atoms with Crippen molar-refractivity contribution in [3.63, 3.8) is 0 Å². The van der Waals surface area contributed by atoms with Gasteiger partial charge >= 0.3 is 0 Å². The normalized spacial score (nSPS) is 10.0. The van der Waals surface area contributed by atoms with Crippen LogP contribution in [0.5, 0.6) is 0 Å². The fourth-order valence-corrected chi connectivity index (χ4v) is 3.03. The molecule has 0 amide bonds. The van der Waals surface area contributed by atoms with Crippen molar-refractivity contribution in [2.45, 2.75) is 6.92 Å². The minimum absolute atomic E-state index is 0. The lowest BCUT2D eigenvalue weighted by atomic mass is 10.2. The van der Waals surface area contributed by atoms with Gasteiger partial charge in [-0.25, -0.2) is 9.37 Å². The second-order valence-corrected chi connectivity index (χ2v) is 6.37. The summed E-state index contributed by atoms with van der Waals surface area (Å²) in [7, 11) is 1.98. The first-order valence-electron chi connectivity index (χ1n) is 8.70. The minimum atomic E-state index is -0.262. The van der Waals surface area contributed by atoms with Crippen molar-refractivity contribution in [3.05, 3.63) is 84.2 Å². The van der Waals surface area contributed by atoms with E-state index in [1.54, 1.807) is 6.07 Å². The zero-order valence-electron chi connectivity index (χ0n) is 16.0. The minimum Gasteiger partial charge on any atom is -0.329 e. The summed E-state index contributed by atoms with van der Waals surface area (Å²) in [5.74, 6) is 1.01. The number of rotatable bonds is 4. The molecule has 0 bridgehead atoms. The number of hydrogen-bond acceptors (Lipinski definition) is 4. The fraction of sp³-hybridized carbons (Fsp3) is 0.0909. The number of benzene rings is 3. The maximum atomic E-state index is 13.4. The Morgan fingerprint density at radius 2 is 1.55 bits per heavy atom. The van der Waals surface area contributed by atoms with Crippen molar-refractivity contribution >= 4 is 58.9 Å². The number of anilines is 4. The van der Waals surface area contributed by atoms with Gasteiger partial charge in [0.25, 0.3) is 0 Å². The second-order valence-electron chi connectivity index (χ2n) is 6.37. The third-order valence-corrected chi connectivity index (χ3v) is 4.48. The largest absolute Gasteiger partial charge is 0.329 e. The SMILES string of the molecule is Cc1cc(F)ccc1Nc1nc(N(C)c2ccccc2)c2ccccc2n1.Cl.Cl. The standard InChI is InChI=1S/C22H19FN4.2ClH/c1-15-14-16(23)12-13-19(15)24-22-25-20-11-7-6-10-18(20)21(26-22)27(2)17-8-4-3-5-9-17;;/h3-14H,1-2H3,(H,24,25,26);2*1H. The Kier molecular flexibility index (Phi) is 7.37. The Hall–Kier alpha value is -2.89. The Morgan fingerprint density at radius 1 is 0.862 bits per heavy atom. The number of fused-ring (bicyclic) bond motifs is 1. The van der Waals surface area contributed by atoms with Gasteiger partial charge in [0.15, 0.2) is 0 Å². The molecule has 0 fully saturated rings. The summed E-state index contributed by atoms with van der Waals surface area (Å²) in [4.78, 5) is 11.4. The first-order valence-corrected chi connectivity index (χ1v) is 8.70. The first kappa shape index (κ1) is 22.4. The van der Waals surface area contributed by atoms with Crippen LogP contribution < -0.4 is 10.2 Å². The van der Waals surface area contributed by atoms with E-state index in [4.69, 9.17) is 4.98 Å². The van der Waals surface area contributed by atoms with Crippen LogP contribution in [-0.4, -0.2) is 17.0 Å². The summed E-state index contributed by atoms with van der Waals surface area (Å²) >= 11 is 0. The molecule has 1 heterocycles. The number of hydrogen-bond donors (Lipinski definition) is 1. The molecule has 0 radical (unpaired) electrons. The zero-order chi connectivity index (χ0) is 18.8. The monoisotopic (exact) mass is 430 g/mol. The highest BCUT2D eigenvalue weighted by atomic mass is 35.5. The smallest absolute Gasteiger partial charge is 0.229 e. The van der Waals surface area contributed by atoms with E-state index in [1.165, 1.54) is 12.1 Å². The number of nitrogens with zero attached hydrogens (tertiary/aromatic N) is 3. The molecule has 7 heteroatoms. The van der Waals surface area contributed by atoms with Crippen LogP contribution in [0.15, 0.2) is 72.8 Å². The van der Waals surface area contributed by atoms with Crippen LogP contribution in [-0.2, 0) is 0 Å². The van der Waals surface area contributed by atoms with E-state index in [0.29, 0.717) is 5.95 Å². The molecule has 1 N–H and O–H groups in total. The number of nitrogens with one attached hydrogen (secondary N) is 1. The Balaban J connectivity index is 0.00000150. The topological polar surface area (TPSA) is 41.1 Å². The van der Waals surface area contributed by atoms with Crippen LogP contribution >= 0.6 is 24.8 Å². The van der Waals surface area contributed by atoms with Crippen LogP contribution in [0.4, 0.5) is 27.5 Å². The lowest BCUT2D eigenvalue weighted by molar-refractivity contribution is 0.627. The van der Waals surface area contributed by atoms with Crippen LogP contribution in [0.2, 0.25) is 0 Å². The number of aromatic nitrogens is 2. The van der Waals surface area contributed by atoms with E-state index >= 15 is 0 Å². The predicted octanol–water partition coefficient (Wildman–Crippen LogP) is 6.43. The lowest BCUT2D eigenvalue weighted by Gasteiger charge is -2.21. The van der Waals surface area contributed by atoms with Crippen molar-refractivity contribution < 1.29 is 4.39 Å². The van der Waals surface area contributed by atoms with E-state index < -0.39 is 0 Å². The van der Waals surface area contributed by atoms with Crippen molar-refractivity contribution in [3.8, 4) is 0 Å². The molecule has 0 aliphatic rings. The molecule has 150 valence electrons. The Bertz CT molecular complexity index is 1110. The fourth-order valence-electron chi connectivity index (χ4n) is 3.03. The van der Waals surface area contributed by atoms with Gasteiger partial charge in [-0.1, -0.05) is 30.3 Å². The summed E-state index contributed by atoms with van der Waals surface area (Å²) in [6.07, 6.45) is 0. The molecule has 0 aliphatic carbocycles. The van der Waals surface area contributed by atoms with E-state index in [9.17, 15) is 4.39 Å². The third-order valence-electron chi connectivity index (χ3n) is 4.48. The molecule has 0 spiro atoms. The van der Waals surface area contributed by atoms with Crippen molar-refractivity contribution in [1.82, 2.24) is 9.97 Å². The number of para-hydroxylation sites is 2. The van der Waals surface area contributed by atoms with Gasteiger partial charge in [-0.05, 0) is 55.0 Å². The molecule has 0 atom stereocenters. The summed E-state index contributed by atoms with van der Waals surface area (Å²) in [6.45, 7) is 1.85. The molecule has 4 rings (SSSR count). The van der Waals surface area contributed by atoms with Crippen LogP contribution in [0, 0.1) is 12.7 Å². The molecule has 0 unspecified atom stereocenters. The Morgan fingerprint density at radius 3 is 2.28 bits per heavy atom. The average molecular weight is 431 g/mol. The maximum Gasteiger partial charge on any atom is 0.229 e. The van der Waals surface area contributed by atoms with Crippen LogP contribution in [0.1, 0.15) is 5.56 Å². The van der Waals surface area contributed by atoms with Crippen molar-refractivity contribution in [2.24, 2.45) is 0 Å². The second kappa shape index (κ2) is 9.54. The van der Waals surface area contributed by atoms with Gasteiger partial charge in [0.2, 0.25) is 5.95 Å². The lowest BCUT2D eigenvalue weighted by Crippen LogP contribution is -2.13. The van der Waals surface area contributed by atoms with Gasteiger partial charge in [0.05, 0.1) is 5.52 Å². The van der Waals surface area contributed by atoms with E-state index in [0.717, 1.165) is 33.7 Å². The first-order chi connectivity index (χ1) is 13.1. The zero-order valence-corrected chi connectivity index (χ0v) is 17.6. The van der Waals surface area contributed by atoms with Gasteiger partial charge in [0.1, 0.15) is 11.6 Å². The van der Waals surface area contributed by atoms with Crippen molar-refractivity contribution in [2.75, 3.05) is 17.3 Å². The molecule has 4 aromatic rings. The van der Waals surface area contributed by atoms with Gasteiger partial charge in [0, 0.05) is 23.8 Å². The van der Waals surface area contributed by atoms with Crippen LogP contribution in [0.25, 0.3) is 10.9 Å². The van der Waals surface area contributed by atoms with E-state index in [2.05, 4.69) is 10.3 Å². The van der Waals surface area contributed by atoms with Gasteiger partial charge in [-0.3, -0.25) is 0 Å². The highest BCUT2D eigenvalue weighted by Gasteiger charge is 2.13. The predicted molar refractivity (Wildman–Crippen MR) is 123 cm³/mol. The van der Waals surface area contributed by atoms with Gasteiger partial charge in [-0.2, -0.15) is 4.98 Å². The number of aryl methyl sites for hydroxylation is 1. The highest BCUT2D eigenvalue weighted by Crippen LogP contribution is 2.30. The summed E-state index contributed by atoms with van der Waals surface area (Å²) in [5.41, 5.74) is 3.45. The molecular weight excluding hydrogens is 410 g/mol. The molecule has 0 saturated carbocycles. The summed E-state index contributed by atoms with van der Waals surface area (Å²) in [5, 5.41) is 4.19. The van der Waals surface area contributed by atoms with E-state index in [-0.39, 0.29) is 30.6 Å².